The predicted octanol–water partition coefficient (Wildman–Crippen LogP) is -0.0305. The summed E-state index contributed by atoms with van der Waals surface area (Å²) in [5.41, 5.74) is 6.24. The number of rotatable bonds is 2. The molecular weight excluding hydrogens is 162 g/mol. The number of hydrogen-bond donors (Lipinski definition) is 1. The van der Waals surface area contributed by atoms with Crippen LogP contribution in [-0.2, 0) is 0 Å². The standard InChI is InChI=1S/C10H21N3/c1-12-5-6-13(2)9(7-12)10(11)8-3-4-8/h8-10H,3-7,11H2,1-2H3. The van der Waals surface area contributed by atoms with Gasteiger partial charge in [0.15, 0.2) is 0 Å². The molecule has 1 saturated heterocycles. The van der Waals surface area contributed by atoms with Crippen molar-refractivity contribution in [2.75, 3.05) is 33.7 Å². The van der Waals surface area contributed by atoms with Gasteiger partial charge in [-0.3, -0.25) is 4.90 Å². The Morgan fingerprint density at radius 1 is 1.23 bits per heavy atom. The summed E-state index contributed by atoms with van der Waals surface area (Å²) in [5.74, 6) is 0.818. The second-order valence-corrected chi connectivity index (χ2v) is 4.72. The summed E-state index contributed by atoms with van der Waals surface area (Å²) in [5, 5.41) is 0. The third-order valence-electron chi connectivity index (χ3n) is 3.51. The fraction of sp³-hybridized carbons (Fsp3) is 1.00. The summed E-state index contributed by atoms with van der Waals surface area (Å²) < 4.78 is 0. The van der Waals surface area contributed by atoms with Crippen molar-refractivity contribution >= 4 is 0 Å². The minimum Gasteiger partial charge on any atom is -0.326 e. The van der Waals surface area contributed by atoms with E-state index in [2.05, 4.69) is 23.9 Å². The van der Waals surface area contributed by atoms with Gasteiger partial charge in [0, 0.05) is 31.7 Å². The zero-order valence-corrected chi connectivity index (χ0v) is 8.74. The zero-order valence-electron chi connectivity index (χ0n) is 8.74. The van der Waals surface area contributed by atoms with E-state index >= 15 is 0 Å². The lowest BCUT2D eigenvalue weighted by Gasteiger charge is -2.40. The summed E-state index contributed by atoms with van der Waals surface area (Å²) in [4.78, 5) is 4.83. The average Bonchev–Trinajstić information content (AvgIpc) is 2.91. The van der Waals surface area contributed by atoms with Crippen LogP contribution in [0.15, 0.2) is 0 Å². The van der Waals surface area contributed by atoms with Crippen molar-refractivity contribution in [3.8, 4) is 0 Å². The maximum Gasteiger partial charge on any atom is 0.0374 e. The quantitative estimate of drug-likeness (QED) is 0.652. The molecule has 13 heavy (non-hydrogen) atoms. The summed E-state index contributed by atoms with van der Waals surface area (Å²) in [6.07, 6.45) is 2.71. The highest BCUT2D eigenvalue weighted by molar-refractivity contribution is 4.95. The second-order valence-electron chi connectivity index (χ2n) is 4.72. The first-order chi connectivity index (χ1) is 6.18. The molecule has 1 saturated carbocycles. The molecule has 1 heterocycles. The van der Waals surface area contributed by atoms with Gasteiger partial charge in [-0.05, 0) is 32.9 Å². The maximum absolute atomic E-state index is 6.24. The fourth-order valence-electron chi connectivity index (χ4n) is 2.26. The first-order valence-corrected chi connectivity index (χ1v) is 5.33. The Hall–Kier alpha value is -0.120. The van der Waals surface area contributed by atoms with E-state index in [1.54, 1.807) is 0 Å². The van der Waals surface area contributed by atoms with E-state index in [-0.39, 0.29) is 0 Å². The predicted molar refractivity (Wildman–Crippen MR) is 54.6 cm³/mol. The fourth-order valence-corrected chi connectivity index (χ4v) is 2.26. The largest absolute Gasteiger partial charge is 0.326 e. The number of nitrogens with two attached hydrogens (primary N) is 1. The highest BCUT2D eigenvalue weighted by Crippen LogP contribution is 2.34. The molecule has 1 aliphatic carbocycles. The molecule has 2 unspecified atom stereocenters. The molecule has 3 nitrogen and oxygen atoms in total. The SMILES string of the molecule is CN1CCN(C)C(C(N)C2CC2)C1. The van der Waals surface area contributed by atoms with E-state index in [9.17, 15) is 0 Å². The molecule has 0 aromatic heterocycles. The van der Waals surface area contributed by atoms with E-state index in [4.69, 9.17) is 5.73 Å². The van der Waals surface area contributed by atoms with Crippen LogP contribution in [0.25, 0.3) is 0 Å². The summed E-state index contributed by atoms with van der Waals surface area (Å²) in [6.45, 7) is 3.50. The number of hydrogen-bond acceptors (Lipinski definition) is 3. The second kappa shape index (κ2) is 3.56. The van der Waals surface area contributed by atoms with Gasteiger partial charge in [0.05, 0.1) is 0 Å². The van der Waals surface area contributed by atoms with Crippen LogP contribution < -0.4 is 5.73 Å². The van der Waals surface area contributed by atoms with Crippen LogP contribution in [0.5, 0.6) is 0 Å². The molecule has 76 valence electrons. The lowest BCUT2D eigenvalue weighted by Crippen LogP contribution is -2.58. The molecule has 2 rings (SSSR count). The Kier molecular flexibility index (Phi) is 2.58. The Bertz CT molecular complexity index is 179. The monoisotopic (exact) mass is 183 g/mol. The minimum atomic E-state index is 0.410. The van der Waals surface area contributed by atoms with Gasteiger partial charge in [0.25, 0.3) is 0 Å². The molecular formula is C10H21N3. The van der Waals surface area contributed by atoms with Crippen LogP contribution in [0.4, 0.5) is 0 Å². The molecule has 0 aromatic carbocycles. The van der Waals surface area contributed by atoms with E-state index in [0.717, 1.165) is 12.5 Å². The average molecular weight is 183 g/mol. The van der Waals surface area contributed by atoms with Crippen LogP contribution in [0.3, 0.4) is 0 Å². The van der Waals surface area contributed by atoms with Crippen LogP contribution in [0.1, 0.15) is 12.8 Å². The van der Waals surface area contributed by atoms with Gasteiger partial charge < -0.3 is 10.6 Å². The molecule has 2 N–H and O–H groups in total. The van der Waals surface area contributed by atoms with Gasteiger partial charge >= 0.3 is 0 Å². The third-order valence-corrected chi connectivity index (χ3v) is 3.51. The number of nitrogens with zero attached hydrogens (tertiary/aromatic N) is 2. The first kappa shape index (κ1) is 9.44. The summed E-state index contributed by atoms with van der Waals surface area (Å²) in [7, 11) is 4.40. The topological polar surface area (TPSA) is 32.5 Å². The summed E-state index contributed by atoms with van der Waals surface area (Å²) in [6, 6.07) is 0.999. The van der Waals surface area contributed by atoms with Gasteiger partial charge in [-0.25, -0.2) is 0 Å². The molecule has 2 fully saturated rings. The van der Waals surface area contributed by atoms with Crippen molar-refractivity contribution in [3.05, 3.63) is 0 Å². The van der Waals surface area contributed by atoms with Gasteiger partial charge in [0.2, 0.25) is 0 Å². The molecule has 1 aliphatic heterocycles. The number of likely N-dealkylation sites (N-methyl/N-ethyl adjacent to an activating group) is 2. The lowest BCUT2D eigenvalue weighted by molar-refractivity contribution is 0.0923. The van der Waals surface area contributed by atoms with Gasteiger partial charge in [-0.1, -0.05) is 0 Å². The Morgan fingerprint density at radius 2 is 1.92 bits per heavy atom. The van der Waals surface area contributed by atoms with Crippen molar-refractivity contribution in [2.45, 2.75) is 24.9 Å². The maximum atomic E-state index is 6.24. The highest BCUT2D eigenvalue weighted by atomic mass is 15.3. The van der Waals surface area contributed by atoms with Gasteiger partial charge in [-0.2, -0.15) is 0 Å². The third kappa shape index (κ3) is 2.03. The first-order valence-electron chi connectivity index (χ1n) is 5.33. The molecule has 2 aliphatic rings. The highest BCUT2D eigenvalue weighted by Gasteiger charge is 2.37. The molecule has 3 heteroatoms. The molecule has 0 spiro atoms. The van der Waals surface area contributed by atoms with Crippen molar-refractivity contribution < 1.29 is 0 Å². The van der Waals surface area contributed by atoms with Crippen molar-refractivity contribution in [3.63, 3.8) is 0 Å². The number of piperazine rings is 1. The molecule has 0 radical (unpaired) electrons. The van der Waals surface area contributed by atoms with Crippen molar-refractivity contribution in [1.82, 2.24) is 9.80 Å². The molecule has 0 amide bonds. The lowest BCUT2D eigenvalue weighted by atomic mass is 10.0. The van der Waals surface area contributed by atoms with Crippen LogP contribution in [0, 0.1) is 5.92 Å². The smallest absolute Gasteiger partial charge is 0.0374 e. The molecule has 0 aromatic rings. The molecule has 0 bridgehead atoms. The van der Waals surface area contributed by atoms with Crippen molar-refractivity contribution in [2.24, 2.45) is 11.7 Å². The van der Waals surface area contributed by atoms with Gasteiger partial charge in [0.1, 0.15) is 0 Å². The van der Waals surface area contributed by atoms with Gasteiger partial charge in [-0.15, -0.1) is 0 Å². The van der Waals surface area contributed by atoms with Crippen LogP contribution in [0.2, 0.25) is 0 Å². The normalized spacial score (nSPS) is 34.8. The Morgan fingerprint density at radius 3 is 2.54 bits per heavy atom. The van der Waals surface area contributed by atoms with Crippen molar-refractivity contribution in [1.29, 1.82) is 0 Å². The Labute approximate surface area is 80.9 Å². The minimum absolute atomic E-state index is 0.410. The van der Waals surface area contributed by atoms with E-state index in [0.29, 0.717) is 12.1 Å². The molecule has 2 atom stereocenters. The van der Waals surface area contributed by atoms with Crippen LogP contribution in [-0.4, -0.2) is 55.6 Å². The van der Waals surface area contributed by atoms with E-state index in [1.165, 1.54) is 25.9 Å². The van der Waals surface area contributed by atoms with E-state index in [1.807, 2.05) is 0 Å². The van der Waals surface area contributed by atoms with Crippen LogP contribution >= 0.6 is 0 Å². The van der Waals surface area contributed by atoms with E-state index < -0.39 is 0 Å². The summed E-state index contributed by atoms with van der Waals surface area (Å²) >= 11 is 0. The Balaban J connectivity index is 1.93. The zero-order chi connectivity index (χ0) is 9.42.